The number of nitrogens with one attached hydrogen (secondary N) is 1. The molecular formula is C15H25N3OS. The molecule has 5 heteroatoms. The van der Waals surface area contributed by atoms with Gasteiger partial charge < -0.3 is 10.2 Å². The van der Waals surface area contributed by atoms with E-state index in [0.717, 1.165) is 47.6 Å². The highest BCUT2D eigenvalue weighted by Crippen LogP contribution is 2.18. The molecule has 0 spiro atoms. The fourth-order valence-electron chi connectivity index (χ4n) is 2.71. The van der Waals surface area contributed by atoms with Gasteiger partial charge in [0.25, 0.3) is 5.91 Å². The van der Waals surface area contributed by atoms with E-state index in [2.05, 4.69) is 29.0 Å². The largest absolute Gasteiger partial charge is 0.350 e. The molecule has 1 saturated heterocycles. The van der Waals surface area contributed by atoms with E-state index in [9.17, 15) is 4.79 Å². The van der Waals surface area contributed by atoms with Crippen LogP contribution in [0, 0.1) is 12.8 Å². The van der Waals surface area contributed by atoms with Gasteiger partial charge >= 0.3 is 0 Å². The zero-order chi connectivity index (χ0) is 14.5. The Labute approximate surface area is 125 Å². The molecule has 0 aliphatic carbocycles. The lowest BCUT2D eigenvalue weighted by atomic mass is 10.0. The number of aryl methyl sites for hydroxylation is 2. The van der Waals surface area contributed by atoms with Crippen molar-refractivity contribution < 1.29 is 4.79 Å². The first kappa shape index (κ1) is 15.4. The summed E-state index contributed by atoms with van der Waals surface area (Å²) in [5.41, 5.74) is 0.857. The van der Waals surface area contributed by atoms with Crippen LogP contribution in [-0.2, 0) is 6.42 Å². The van der Waals surface area contributed by atoms with Gasteiger partial charge in [-0.25, -0.2) is 4.98 Å². The molecule has 0 radical (unpaired) electrons. The van der Waals surface area contributed by atoms with E-state index in [1.54, 1.807) is 0 Å². The highest BCUT2D eigenvalue weighted by atomic mass is 32.1. The second kappa shape index (κ2) is 7.18. The minimum atomic E-state index is 0.0322. The van der Waals surface area contributed by atoms with Crippen molar-refractivity contribution in [1.82, 2.24) is 15.2 Å². The molecular weight excluding hydrogens is 270 g/mol. The Morgan fingerprint density at radius 2 is 2.35 bits per heavy atom. The highest BCUT2D eigenvalue weighted by molar-refractivity contribution is 7.13. The van der Waals surface area contributed by atoms with Crippen LogP contribution < -0.4 is 5.32 Å². The number of hydrogen-bond acceptors (Lipinski definition) is 4. The monoisotopic (exact) mass is 295 g/mol. The third kappa shape index (κ3) is 4.03. The maximum atomic E-state index is 12.1. The van der Waals surface area contributed by atoms with Gasteiger partial charge in [0, 0.05) is 19.6 Å². The van der Waals surface area contributed by atoms with Gasteiger partial charge in [-0.05, 0) is 38.6 Å². The molecule has 0 bridgehead atoms. The van der Waals surface area contributed by atoms with Crippen molar-refractivity contribution in [2.75, 3.05) is 26.2 Å². The first-order valence-corrected chi connectivity index (χ1v) is 8.38. The van der Waals surface area contributed by atoms with E-state index in [1.165, 1.54) is 30.7 Å². The lowest BCUT2D eigenvalue weighted by molar-refractivity contribution is 0.0947. The molecule has 1 fully saturated rings. The molecule has 20 heavy (non-hydrogen) atoms. The third-order valence-electron chi connectivity index (χ3n) is 3.80. The van der Waals surface area contributed by atoms with Crippen molar-refractivity contribution in [3.8, 4) is 0 Å². The molecule has 0 saturated carbocycles. The van der Waals surface area contributed by atoms with Gasteiger partial charge in [-0.2, -0.15) is 0 Å². The van der Waals surface area contributed by atoms with Crippen LogP contribution >= 0.6 is 11.3 Å². The lowest BCUT2D eigenvalue weighted by Crippen LogP contribution is -2.40. The SMILES string of the molecule is CCc1nc(C)c(C(=O)NCCN2CCCC(C)C2)s1. The zero-order valence-corrected chi connectivity index (χ0v) is 13.6. The molecule has 2 rings (SSSR count). The highest BCUT2D eigenvalue weighted by Gasteiger charge is 2.17. The summed E-state index contributed by atoms with van der Waals surface area (Å²) >= 11 is 1.52. The summed E-state index contributed by atoms with van der Waals surface area (Å²) in [5, 5.41) is 4.07. The van der Waals surface area contributed by atoms with Gasteiger partial charge in [-0.3, -0.25) is 4.79 Å². The normalized spacial score (nSPS) is 20.1. The molecule has 4 nitrogen and oxygen atoms in total. The number of aromatic nitrogens is 1. The summed E-state index contributed by atoms with van der Waals surface area (Å²) in [5.74, 6) is 0.820. The van der Waals surface area contributed by atoms with Gasteiger partial charge in [0.1, 0.15) is 4.88 Å². The van der Waals surface area contributed by atoms with Crippen molar-refractivity contribution in [2.45, 2.75) is 40.0 Å². The Hall–Kier alpha value is -0.940. The van der Waals surface area contributed by atoms with Gasteiger partial charge in [-0.1, -0.05) is 13.8 Å². The summed E-state index contributed by atoms with van der Waals surface area (Å²) in [6.07, 6.45) is 3.51. The topological polar surface area (TPSA) is 45.2 Å². The number of nitrogens with zero attached hydrogens (tertiary/aromatic N) is 2. The Balaban J connectivity index is 1.78. The van der Waals surface area contributed by atoms with Crippen LogP contribution in [0.3, 0.4) is 0 Å². The number of likely N-dealkylation sites (tertiary alicyclic amines) is 1. The number of amides is 1. The minimum Gasteiger partial charge on any atom is -0.350 e. The molecule has 1 aliphatic rings. The first-order chi connectivity index (χ1) is 9.60. The van der Waals surface area contributed by atoms with Crippen LogP contribution in [-0.4, -0.2) is 42.0 Å². The van der Waals surface area contributed by atoms with E-state index in [-0.39, 0.29) is 5.91 Å². The number of thiazole rings is 1. The molecule has 1 aromatic rings. The van der Waals surface area contributed by atoms with E-state index in [1.807, 2.05) is 6.92 Å². The summed E-state index contributed by atoms with van der Waals surface area (Å²) in [4.78, 5) is 19.8. The Bertz CT molecular complexity index is 458. The second-order valence-corrected chi connectivity index (χ2v) is 6.76. The summed E-state index contributed by atoms with van der Waals surface area (Å²) < 4.78 is 0. The van der Waals surface area contributed by atoms with Crippen molar-refractivity contribution in [1.29, 1.82) is 0 Å². The number of piperidine rings is 1. The average Bonchev–Trinajstić information content (AvgIpc) is 2.80. The molecule has 1 aliphatic heterocycles. The molecule has 1 unspecified atom stereocenters. The molecule has 2 heterocycles. The van der Waals surface area contributed by atoms with Crippen molar-refractivity contribution in [2.24, 2.45) is 5.92 Å². The minimum absolute atomic E-state index is 0.0322. The maximum absolute atomic E-state index is 12.1. The molecule has 0 aromatic carbocycles. The number of carbonyl (C=O) groups is 1. The molecule has 1 amide bonds. The quantitative estimate of drug-likeness (QED) is 0.907. The van der Waals surface area contributed by atoms with E-state index < -0.39 is 0 Å². The van der Waals surface area contributed by atoms with Crippen LogP contribution in [0.4, 0.5) is 0 Å². The van der Waals surface area contributed by atoms with E-state index >= 15 is 0 Å². The predicted molar refractivity (Wildman–Crippen MR) is 83.4 cm³/mol. The fraction of sp³-hybridized carbons (Fsp3) is 0.733. The first-order valence-electron chi connectivity index (χ1n) is 7.57. The van der Waals surface area contributed by atoms with Gasteiger partial charge in [-0.15, -0.1) is 11.3 Å². The van der Waals surface area contributed by atoms with Crippen LogP contribution in [0.1, 0.15) is 47.1 Å². The number of rotatable bonds is 5. The Kier molecular flexibility index (Phi) is 5.54. The second-order valence-electron chi connectivity index (χ2n) is 5.68. The standard InChI is InChI=1S/C15H25N3OS/c1-4-13-17-12(3)14(20-13)15(19)16-7-9-18-8-5-6-11(2)10-18/h11H,4-10H2,1-3H3,(H,16,19). The Morgan fingerprint density at radius 1 is 1.55 bits per heavy atom. The Morgan fingerprint density at radius 3 is 3.00 bits per heavy atom. The van der Waals surface area contributed by atoms with E-state index in [0.29, 0.717) is 0 Å². The zero-order valence-electron chi connectivity index (χ0n) is 12.7. The summed E-state index contributed by atoms with van der Waals surface area (Å²) in [6.45, 7) is 10.3. The van der Waals surface area contributed by atoms with E-state index in [4.69, 9.17) is 0 Å². The van der Waals surface area contributed by atoms with Crippen LogP contribution in [0.5, 0.6) is 0 Å². The molecule has 1 N–H and O–H groups in total. The van der Waals surface area contributed by atoms with Crippen molar-refractivity contribution >= 4 is 17.2 Å². The predicted octanol–water partition coefficient (Wildman–Crippen LogP) is 2.48. The lowest BCUT2D eigenvalue weighted by Gasteiger charge is -2.30. The van der Waals surface area contributed by atoms with Crippen molar-refractivity contribution in [3.63, 3.8) is 0 Å². The fourth-order valence-corrected chi connectivity index (χ4v) is 3.63. The van der Waals surface area contributed by atoms with Crippen molar-refractivity contribution in [3.05, 3.63) is 15.6 Å². The number of carbonyl (C=O) groups excluding carboxylic acids is 1. The van der Waals surface area contributed by atoms with Gasteiger partial charge in [0.05, 0.1) is 10.7 Å². The summed E-state index contributed by atoms with van der Waals surface area (Å²) in [7, 11) is 0. The van der Waals surface area contributed by atoms with Crippen LogP contribution in [0.2, 0.25) is 0 Å². The smallest absolute Gasteiger partial charge is 0.263 e. The number of hydrogen-bond donors (Lipinski definition) is 1. The molecule has 1 aromatic heterocycles. The maximum Gasteiger partial charge on any atom is 0.263 e. The van der Waals surface area contributed by atoms with Gasteiger partial charge in [0.2, 0.25) is 0 Å². The third-order valence-corrected chi connectivity index (χ3v) is 5.10. The van der Waals surface area contributed by atoms with Crippen LogP contribution in [0.15, 0.2) is 0 Å². The summed E-state index contributed by atoms with van der Waals surface area (Å²) in [6, 6.07) is 0. The van der Waals surface area contributed by atoms with Gasteiger partial charge in [0.15, 0.2) is 0 Å². The molecule has 1 atom stereocenters. The molecule has 112 valence electrons. The average molecular weight is 295 g/mol. The van der Waals surface area contributed by atoms with Crippen LogP contribution in [0.25, 0.3) is 0 Å².